The number of nitro groups is 1. The van der Waals surface area contributed by atoms with Gasteiger partial charge in [-0.15, -0.1) is 0 Å². The first-order valence-electron chi connectivity index (χ1n) is 4.64. The Balaban J connectivity index is 2.51. The zero-order valence-corrected chi connectivity index (χ0v) is 8.49. The van der Waals surface area contributed by atoms with Crippen molar-refractivity contribution >= 4 is 12.0 Å². The number of nitro benzene ring substituents is 1. The van der Waals surface area contributed by atoms with E-state index in [9.17, 15) is 20.0 Å². The van der Waals surface area contributed by atoms with Gasteiger partial charge in [-0.05, 0) is 18.2 Å². The summed E-state index contributed by atoms with van der Waals surface area (Å²) in [6, 6.07) is 6.56. The van der Waals surface area contributed by atoms with Gasteiger partial charge in [0, 0.05) is 11.6 Å². The second-order valence-electron chi connectivity index (χ2n) is 3.32. The van der Waals surface area contributed by atoms with Gasteiger partial charge in [0.25, 0.3) is 5.69 Å². The van der Waals surface area contributed by atoms with E-state index in [-0.39, 0.29) is 23.0 Å². The normalized spacial score (nSPS) is 10.1. The Morgan fingerprint density at radius 2 is 2.06 bits per heavy atom. The number of hydrogen-bond donors (Lipinski definition) is 1. The molecular weight excluding hydrogens is 226 g/mol. The predicted molar refractivity (Wildman–Crippen MR) is 57.9 cm³/mol. The maximum absolute atomic E-state index is 10.6. The van der Waals surface area contributed by atoms with E-state index in [1.807, 2.05) is 0 Å². The lowest BCUT2D eigenvalue weighted by molar-refractivity contribution is -0.384. The number of rotatable bonds is 3. The van der Waals surface area contributed by atoms with Crippen LogP contribution in [0.5, 0.6) is 5.75 Å². The van der Waals surface area contributed by atoms with Crippen molar-refractivity contribution in [2.45, 2.75) is 0 Å². The number of aldehydes is 1. The van der Waals surface area contributed by atoms with Crippen molar-refractivity contribution in [3.63, 3.8) is 0 Å². The minimum Gasteiger partial charge on any atom is -0.508 e. The first-order chi connectivity index (χ1) is 8.10. The third kappa shape index (κ3) is 2.15. The Labute approximate surface area is 95.3 Å². The number of carbonyl (C=O) groups is 1. The summed E-state index contributed by atoms with van der Waals surface area (Å²) in [5, 5.41) is 20.0. The van der Waals surface area contributed by atoms with Crippen LogP contribution in [0.4, 0.5) is 5.69 Å². The zero-order chi connectivity index (χ0) is 12.4. The van der Waals surface area contributed by atoms with Crippen LogP contribution in [0.2, 0.25) is 0 Å². The molecule has 0 saturated heterocycles. The van der Waals surface area contributed by atoms with Gasteiger partial charge in [-0.3, -0.25) is 14.9 Å². The largest absolute Gasteiger partial charge is 0.508 e. The fourth-order valence-corrected chi connectivity index (χ4v) is 1.41. The highest BCUT2D eigenvalue weighted by molar-refractivity contribution is 5.73. The molecule has 6 heteroatoms. The summed E-state index contributed by atoms with van der Waals surface area (Å²) in [5.41, 5.74) is 0.0915. The molecule has 86 valence electrons. The molecule has 0 aliphatic rings. The van der Waals surface area contributed by atoms with Gasteiger partial charge in [0.1, 0.15) is 11.5 Å². The first-order valence-corrected chi connectivity index (χ1v) is 4.64. The molecule has 1 N–H and O–H groups in total. The molecule has 1 aromatic heterocycles. The third-order valence-corrected chi connectivity index (χ3v) is 2.14. The van der Waals surface area contributed by atoms with Crippen LogP contribution in [0.25, 0.3) is 11.3 Å². The molecule has 0 spiro atoms. The minimum absolute atomic E-state index is 0.117. The van der Waals surface area contributed by atoms with E-state index in [2.05, 4.69) is 0 Å². The van der Waals surface area contributed by atoms with Crippen LogP contribution in [-0.4, -0.2) is 16.3 Å². The maximum atomic E-state index is 10.6. The van der Waals surface area contributed by atoms with Gasteiger partial charge in [0.05, 0.1) is 11.0 Å². The van der Waals surface area contributed by atoms with Gasteiger partial charge in [-0.2, -0.15) is 0 Å². The summed E-state index contributed by atoms with van der Waals surface area (Å²) in [5.74, 6) is 0.162. The average Bonchev–Trinajstić information content (AvgIpc) is 2.76. The molecule has 1 aromatic carbocycles. The van der Waals surface area contributed by atoms with Gasteiger partial charge in [-0.25, -0.2) is 0 Å². The lowest BCUT2D eigenvalue weighted by Crippen LogP contribution is -1.88. The molecule has 6 nitrogen and oxygen atoms in total. The molecule has 0 radical (unpaired) electrons. The smallest absolute Gasteiger partial charge is 0.273 e. The molecule has 0 aliphatic heterocycles. The van der Waals surface area contributed by atoms with Crippen molar-refractivity contribution in [1.29, 1.82) is 0 Å². The molecule has 0 fully saturated rings. The van der Waals surface area contributed by atoms with Crippen molar-refractivity contribution in [2.24, 2.45) is 0 Å². The number of phenolic OH excluding ortho intramolecular Hbond substituents is 1. The van der Waals surface area contributed by atoms with E-state index in [1.54, 1.807) is 0 Å². The van der Waals surface area contributed by atoms with E-state index in [0.717, 1.165) is 6.07 Å². The summed E-state index contributed by atoms with van der Waals surface area (Å²) in [7, 11) is 0. The van der Waals surface area contributed by atoms with Gasteiger partial charge in [0.2, 0.25) is 0 Å². The number of hydrogen-bond acceptors (Lipinski definition) is 5. The number of nitrogens with zero attached hydrogens (tertiary/aromatic N) is 1. The SMILES string of the molecule is O=Cc1ccc(-c2cc(O)cc([N+](=O)[O-])c2)o1. The monoisotopic (exact) mass is 233 g/mol. The van der Waals surface area contributed by atoms with Gasteiger partial charge in [0.15, 0.2) is 12.0 Å². The third-order valence-electron chi connectivity index (χ3n) is 2.14. The van der Waals surface area contributed by atoms with Crippen LogP contribution in [0.1, 0.15) is 10.6 Å². The number of carbonyl (C=O) groups excluding carboxylic acids is 1. The number of benzene rings is 1. The molecule has 0 bridgehead atoms. The summed E-state index contributed by atoms with van der Waals surface area (Å²) in [4.78, 5) is 20.4. The molecule has 0 amide bonds. The lowest BCUT2D eigenvalue weighted by Gasteiger charge is -1.99. The highest BCUT2D eigenvalue weighted by Gasteiger charge is 2.12. The van der Waals surface area contributed by atoms with Gasteiger partial charge >= 0.3 is 0 Å². The second kappa shape index (κ2) is 4.09. The van der Waals surface area contributed by atoms with Crippen molar-refractivity contribution in [3.05, 3.63) is 46.2 Å². The molecule has 17 heavy (non-hydrogen) atoms. The average molecular weight is 233 g/mol. The fourth-order valence-electron chi connectivity index (χ4n) is 1.41. The highest BCUT2D eigenvalue weighted by atomic mass is 16.6. The Morgan fingerprint density at radius 3 is 2.65 bits per heavy atom. The summed E-state index contributed by atoms with van der Waals surface area (Å²) < 4.78 is 5.11. The highest BCUT2D eigenvalue weighted by Crippen LogP contribution is 2.29. The Kier molecular flexibility index (Phi) is 2.61. The van der Waals surface area contributed by atoms with Crippen LogP contribution in [0, 0.1) is 10.1 Å². The molecule has 0 unspecified atom stereocenters. The molecule has 0 atom stereocenters. The van der Waals surface area contributed by atoms with E-state index in [0.29, 0.717) is 11.8 Å². The quantitative estimate of drug-likeness (QED) is 0.499. The number of aromatic hydroxyl groups is 1. The van der Waals surface area contributed by atoms with E-state index >= 15 is 0 Å². The number of non-ortho nitro benzene ring substituents is 1. The predicted octanol–water partition coefficient (Wildman–Crippen LogP) is 2.37. The zero-order valence-electron chi connectivity index (χ0n) is 8.49. The molecule has 1 heterocycles. The summed E-state index contributed by atoms with van der Waals surface area (Å²) in [6.07, 6.45) is 0.528. The Morgan fingerprint density at radius 1 is 1.29 bits per heavy atom. The van der Waals surface area contributed by atoms with E-state index in [1.165, 1.54) is 24.3 Å². The molecule has 2 rings (SSSR count). The fraction of sp³-hybridized carbons (Fsp3) is 0. The summed E-state index contributed by atoms with van der Waals surface area (Å²) in [6.45, 7) is 0. The molecule has 0 aliphatic carbocycles. The molecule has 2 aromatic rings. The minimum atomic E-state index is -0.618. The van der Waals surface area contributed by atoms with E-state index < -0.39 is 4.92 Å². The standard InChI is InChI=1S/C11H7NO5/c13-6-10-1-2-11(17-10)7-3-8(12(15)16)5-9(14)4-7/h1-6,14H. The van der Waals surface area contributed by atoms with Crippen molar-refractivity contribution in [2.75, 3.05) is 0 Å². The van der Waals surface area contributed by atoms with Crippen LogP contribution in [0.15, 0.2) is 34.7 Å². The number of furan rings is 1. The van der Waals surface area contributed by atoms with Crippen LogP contribution in [-0.2, 0) is 0 Å². The first kappa shape index (κ1) is 10.9. The van der Waals surface area contributed by atoms with Crippen LogP contribution < -0.4 is 0 Å². The topological polar surface area (TPSA) is 93.6 Å². The summed E-state index contributed by atoms with van der Waals surface area (Å²) >= 11 is 0. The van der Waals surface area contributed by atoms with Crippen molar-refractivity contribution in [1.82, 2.24) is 0 Å². The van der Waals surface area contributed by atoms with Crippen molar-refractivity contribution < 1.29 is 19.2 Å². The maximum Gasteiger partial charge on any atom is 0.273 e. The van der Waals surface area contributed by atoms with Crippen LogP contribution in [0.3, 0.4) is 0 Å². The van der Waals surface area contributed by atoms with Gasteiger partial charge < -0.3 is 9.52 Å². The number of phenols is 1. The van der Waals surface area contributed by atoms with E-state index in [4.69, 9.17) is 4.42 Å². The van der Waals surface area contributed by atoms with Gasteiger partial charge in [-0.1, -0.05) is 0 Å². The molecule has 0 saturated carbocycles. The molecular formula is C11H7NO5. The van der Waals surface area contributed by atoms with Crippen LogP contribution >= 0.6 is 0 Å². The van der Waals surface area contributed by atoms with Crippen molar-refractivity contribution in [3.8, 4) is 17.1 Å². The Hall–Kier alpha value is -2.63. The Bertz CT molecular complexity index is 587. The second-order valence-corrected chi connectivity index (χ2v) is 3.32. The lowest BCUT2D eigenvalue weighted by atomic mass is 10.1.